The molecule has 0 bridgehead atoms. The molecule has 0 aliphatic heterocycles. The van der Waals surface area contributed by atoms with Crippen LogP contribution in [-0.2, 0) is 0 Å². The molecular formula is C13H10F8. The van der Waals surface area contributed by atoms with Crippen LogP contribution in [0.2, 0.25) is 0 Å². The van der Waals surface area contributed by atoms with Crippen LogP contribution >= 0.6 is 0 Å². The van der Waals surface area contributed by atoms with E-state index in [1.54, 1.807) is 6.07 Å². The predicted octanol–water partition coefficient (Wildman–Crippen LogP) is 5.26. The van der Waals surface area contributed by atoms with Gasteiger partial charge in [0.25, 0.3) is 0 Å². The Kier molecular flexibility index (Phi) is 5.01. The van der Waals surface area contributed by atoms with Crippen LogP contribution in [0.4, 0.5) is 35.1 Å². The Balaban J connectivity index is 2.88. The quantitative estimate of drug-likeness (QED) is 0.628. The van der Waals surface area contributed by atoms with E-state index in [0.29, 0.717) is 11.6 Å². The van der Waals surface area contributed by atoms with Gasteiger partial charge in [0, 0.05) is 6.42 Å². The Morgan fingerprint density at radius 3 is 1.90 bits per heavy atom. The molecule has 0 saturated carbocycles. The summed E-state index contributed by atoms with van der Waals surface area (Å²) >= 11 is 0. The third-order valence-corrected chi connectivity index (χ3v) is 2.64. The van der Waals surface area contributed by atoms with E-state index >= 15 is 0 Å². The van der Waals surface area contributed by atoms with Gasteiger partial charge in [0.1, 0.15) is 0 Å². The molecule has 0 atom stereocenters. The summed E-state index contributed by atoms with van der Waals surface area (Å²) in [5, 5.41) is 0. The number of allylic oxidation sites excluding steroid dienone is 1. The van der Waals surface area contributed by atoms with E-state index in [1.165, 1.54) is 24.3 Å². The van der Waals surface area contributed by atoms with Gasteiger partial charge in [-0.1, -0.05) is 42.5 Å². The van der Waals surface area contributed by atoms with Crippen molar-refractivity contribution in [2.75, 3.05) is 0 Å². The summed E-state index contributed by atoms with van der Waals surface area (Å²) in [6.07, 6.45) is -5.15. The van der Waals surface area contributed by atoms with Crippen molar-refractivity contribution in [2.45, 2.75) is 30.6 Å². The molecular weight excluding hydrogens is 308 g/mol. The first-order valence-corrected chi connectivity index (χ1v) is 5.65. The average Bonchev–Trinajstić information content (AvgIpc) is 2.39. The Hall–Kier alpha value is -1.60. The topological polar surface area (TPSA) is 0 Å². The second kappa shape index (κ2) is 6.03. The summed E-state index contributed by atoms with van der Waals surface area (Å²) < 4.78 is 101. The normalized spacial score (nSPS) is 14.1. The lowest BCUT2D eigenvalue weighted by atomic mass is 10.0. The van der Waals surface area contributed by atoms with E-state index in [9.17, 15) is 35.1 Å². The molecule has 0 aliphatic carbocycles. The van der Waals surface area contributed by atoms with E-state index in [-0.39, 0.29) is 0 Å². The van der Waals surface area contributed by atoms with Crippen LogP contribution in [-0.4, -0.2) is 24.2 Å². The fraction of sp³-hybridized carbons (Fsp3) is 0.385. The largest absolute Gasteiger partial charge is 0.378 e. The van der Waals surface area contributed by atoms with Crippen molar-refractivity contribution in [2.24, 2.45) is 0 Å². The number of rotatable bonds is 6. The molecule has 21 heavy (non-hydrogen) atoms. The first-order chi connectivity index (χ1) is 9.52. The molecule has 0 spiro atoms. The van der Waals surface area contributed by atoms with Crippen LogP contribution in [0.3, 0.4) is 0 Å². The third kappa shape index (κ3) is 3.54. The van der Waals surface area contributed by atoms with Crippen LogP contribution < -0.4 is 0 Å². The fourth-order valence-electron chi connectivity index (χ4n) is 1.42. The minimum atomic E-state index is -6.16. The van der Waals surface area contributed by atoms with E-state index in [4.69, 9.17) is 0 Å². The SMILES string of the molecule is FC(F)C(F)(F)C(F)(F)C(F)(F)CC=Cc1ccccc1. The van der Waals surface area contributed by atoms with Gasteiger partial charge < -0.3 is 0 Å². The van der Waals surface area contributed by atoms with Gasteiger partial charge in [-0.15, -0.1) is 0 Å². The summed E-state index contributed by atoms with van der Waals surface area (Å²) in [6, 6.07) is 7.61. The van der Waals surface area contributed by atoms with Crippen molar-refractivity contribution in [1.29, 1.82) is 0 Å². The molecule has 0 nitrogen and oxygen atoms in total. The average molecular weight is 318 g/mol. The van der Waals surface area contributed by atoms with Crippen molar-refractivity contribution in [3.63, 3.8) is 0 Å². The number of benzene rings is 1. The second-order valence-corrected chi connectivity index (χ2v) is 4.22. The van der Waals surface area contributed by atoms with Crippen molar-refractivity contribution < 1.29 is 35.1 Å². The molecule has 8 heteroatoms. The number of halogens is 8. The highest BCUT2D eigenvalue weighted by Gasteiger charge is 2.74. The summed E-state index contributed by atoms with van der Waals surface area (Å²) in [7, 11) is 0. The first kappa shape index (κ1) is 17.5. The van der Waals surface area contributed by atoms with Gasteiger partial charge in [-0.2, -0.15) is 26.3 Å². The number of hydrogen-bond donors (Lipinski definition) is 0. The van der Waals surface area contributed by atoms with Crippen molar-refractivity contribution in [3.8, 4) is 0 Å². The minimum Gasteiger partial charge on any atom is -0.203 e. The molecule has 0 unspecified atom stereocenters. The van der Waals surface area contributed by atoms with Gasteiger partial charge in [0.2, 0.25) is 0 Å². The van der Waals surface area contributed by atoms with Gasteiger partial charge in [-0.05, 0) is 5.56 Å². The lowest BCUT2D eigenvalue weighted by molar-refractivity contribution is -0.337. The lowest BCUT2D eigenvalue weighted by Gasteiger charge is -2.31. The van der Waals surface area contributed by atoms with Gasteiger partial charge in [0.05, 0.1) is 0 Å². The van der Waals surface area contributed by atoms with Crippen LogP contribution in [0.1, 0.15) is 12.0 Å². The molecule has 0 saturated heterocycles. The Morgan fingerprint density at radius 1 is 0.905 bits per heavy atom. The molecule has 1 rings (SSSR count). The van der Waals surface area contributed by atoms with Crippen molar-refractivity contribution in [1.82, 2.24) is 0 Å². The lowest BCUT2D eigenvalue weighted by Crippen LogP contribution is -2.57. The maximum Gasteiger partial charge on any atom is 0.378 e. The van der Waals surface area contributed by atoms with Gasteiger partial charge in [0.15, 0.2) is 0 Å². The van der Waals surface area contributed by atoms with Crippen LogP contribution in [0.5, 0.6) is 0 Å². The second-order valence-electron chi connectivity index (χ2n) is 4.22. The molecule has 0 radical (unpaired) electrons. The first-order valence-electron chi connectivity index (χ1n) is 5.65. The van der Waals surface area contributed by atoms with Crippen molar-refractivity contribution in [3.05, 3.63) is 42.0 Å². The van der Waals surface area contributed by atoms with Crippen LogP contribution in [0, 0.1) is 0 Å². The summed E-state index contributed by atoms with van der Waals surface area (Å²) in [4.78, 5) is 0. The maximum absolute atomic E-state index is 13.1. The van der Waals surface area contributed by atoms with Crippen LogP contribution in [0.25, 0.3) is 6.08 Å². The zero-order chi connectivity index (χ0) is 16.3. The standard InChI is InChI=1S/C13H10F8/c14-10(15)12(18,19)13(20,21)11(16,17)8-4-7-9-5-2-1-3-6-9/h1-7,10H,8H2. The highest BCUT2D eigenvalue weighted by Crippen LogP contribution is 2.49. The predicted molar refractivity (Wildman–Crippen MR) is 60.9 cm³/mol. The van der Waals surface area contributed by atoms with E-state index in [2.05, 4.69) is 0 Å². The molecule has 0 aromatic heterocycles. The molecule has 0 N–H and O–H groups in total. The van der Waals surface area contributed by atoms with E-state index in [1.807, 2.05) is 0 Å². The summed E-state index contributed by atoms with van der Waals surface area (Å²) in [6.45, 7) is 0. The van der Waals surface area contributed by atoms with Crippen molar-refractivity contribution >= 4 is 6.08 Å². The molecule has 0 aliphatic rings. The van der Waals surface area contributed by atoms with Gasteiger partial charge >= 0.3 is 24.2 Å². The molecule has 118 valence electrons. The molecule has 0 amide bonds. The smallest absolute Gasteiger partial charge is 0.203 e. The highest BCUT2D eigenvalue weighted by molar-refractivity contribution is 5.48. The Labute approximate surface area is 115 Å². The number of hydrogen-bond acceptors (Lipinski definition) is 0. The summed E-state index contributed by atoms with van der Waals surface area (Å²) in [5.74, 6) is -17.6. The van der Waals surface area contributed by atoms with Crippen LogP contribution in [0.15, 0.2) is 36.4 Å². The zero-order valence-electron chi connectivity index (χ0n) is 10.3. The monoisotopic (exact) mass is 318 g/mol. The number of alkyl halides is 8. The fourth-order valence-corrected chi connectivity index (χ4v) is 1.42. The van der Waals surface area contributed by atoms with E-state index in [0.717, 1.165) is 6.08 Å². The van der Waals surface area contributed by atoms with Gasteiger partial charge in [-0.25, -0.2) is 8.78 Å². The Morgan fingerprint density at radius 2 is 1.43 bits per heavy atom. The molecule has 0 fully saturated rings. The molecule has 0 heterocycles. The van der Waals surface area contributed by atoms with Gasteiger partial charge in [-0.3, -0.25) is 0 Å². The summed E-state index contributed by atoms with van der Waals surface area (Å²) in [5.41, 5.74) is 0.372. The molecule has 1 aromatic rings. The highest BCUT2D eigenvalue weighted by atomic mass is 19.4. The Bertz CT molecular complexity index is 478. The minimum absolute atomic E-state index is 0.372. The molecule has 1 aromatic carbocycles. The maximum atomic E-state index is 13.1. The third-order valence-electron chi connectivity index (χ3n) is 2.64. The zero-order valence-corrected chi connectivity index (χ0v) is 10.3. The van der Waals surface area contributed by atoms with E-state index < -0.39 is 30.6 Å².